The Balaban J connectivity index is 1.26. The molecule has 200 valence electrons. The fourth-order valence-corrected chi connectivity index (χ4v) is 4.59. The van der Waals surface area contributed by atoms with E-state index < -0.39 is 29.4 Å². The normalized spacial score (nSPS) is 15.2. The number of alkyl halides is 3. The molecule has 4 rings (SSSR count). The molecule has 2 aromatic carbocycles. The van der Waals surface area contributed by atoms with Gasteiger partial charge in [0.25, 0.3) is 5.91 Å². The average Bonchev–Trinajstić information content (AvgIpc) is 3.64. The SMILES string of the molecule is CC(C)(CNC(=O)c1ccc(C2(C(F)(F)F)N=N2)cc1)NCC(O)COc1cccc2[nH]c(C#N)c(I)c12. The van der Waals surface area contributed by atoms with Gasteiger partial charge in [0.1, 0.15) is 30.2 Å². The zero-order valence-corrected chi connectivity index (χ0v) is 22.5. The highest BCUT2D eigenvalue weighted by Gasteiger charge is 2.65. The molecule has 0 radical (unpaired) electrons. The zero-order valence-electron chi connectivity index (χ0n) is 20.4. The second-order valence-electron chi connectivity index (χ2n) is 9.46. The molecular formula is C25H24F3IN6O3. The first-order valence-electron chi connectivity index (χ1n) is 11.5. The predicted molar refractivity (Wildman–Crippen MR) is 141 cm³/mol. The van der Waals surface area contributed by atoms with Crippen molar-refractivity contribution < 1.29 is 27.8 Å². The molecule has 0 fully saturated rings. The number of aromatic amines is 1. The third kappa shape index (κ3) is 5.77. The molecule has 9 nitrogen and oxygen atoms in total. The van der Waals surface area contributed by atoms with Crippen LogP contribution in [0.5, 0.6) is 5.75 Å². The number of benzene rings is 2. The summed E-state index contributed by atoms with van der Waals surface area (Å²) in [6.07, 6.45) is -5.49. The van der Waals surface area contributed by atoms with Crippen molar-refractivity contribution in [3.63, 3.8) is 0 Å². The van der Waals surface area contributed by atoms with Gasteiger partial charge in [0, 0.05) is 29.8 Å². The molecule has 13 heteroatoms. The quantitative estimate of drug-likeness (QED) is 0.245. The maximum Gasteiger partial charge on any atom is 0.442 e. The van der Waals surface area contributed by atoms with Crippen LogP contribution in [0.25, 0.3) is 10.9 Å². The largest absolute Gasteiger partial charge is 0.490 e. The number of aromatic nitrogens is 1. The number of nitrogens with zero attached hydrogens (tertiary/aromatic N) is 3. The summed E-state index contributed by atoms with van der Waals surface area (Å²) >= 11 is 2.08. The number of hydrogen-bond acceptors (Lipinski definition) is 7. The number of nitrogens with one attached hydrogen (secondary N) is 3. The molecule has 0 aliphatic carbocycles. The lowest BCUT2D eigenvalue weighted by molar-refractivity contribution is -0.166. The van der Waals surface area contributed by atoms with Crippen LogP contribution in [0.15, 0.2) is 52.7 Å². The molecule has 2 heterocycles. The molecule has 1 atom stereocenters. The van der Waals surface area contributed by atoms with Crippen molar-refractivity contribution in [2.45, 2.75) is 37.3 Å². The first-order valence-corrected chi connectivity index (χ1v) is 12.6. The van der Waals surface area contributed by atoms with Crippen LogP contribution >= 0.6 is 22.6 Å². The smallest absolute Gasteiger partial charge is 0.442 e. The highest BCUT2D eigenvalue weighted by molar-refractivity contribution is 14.1. The third-order valence-electron chi connectivity index (χ3n) is 6.02. The number of β-amino-alcohol motifs (C(OH)–C–C–N with tert-alkyl or cyclic N) is 1. The van der Waals surface area contributed by atoms with Crippen LogP contribution in [-0.2, 0) is 5.66 Å². The monoisotopic (exact) mass is 640 g/mol. The van der Waals surface area contributed by atoms with E-state index in [-0.39, 0.29) is 30.8 Å². The lowest BCUT2D eigenvalue weighted by Crippen LogP contribution is -2.51. The maximum absolute atomic E-state index is 13.1. The van der Waals surface area contributed by atoms with Crippen molar-refractivity contribution in [1.29, 1.82) is 5.26 Å². The average molecular weight is 640 g/mol. The van der Waals surface area contributed by atoms with Gasteiger partial charge >= 0.3 is 11.8 Å². The van der Waals surface area contributed by atoms with E-state index in [1.807, 2.05) is 19.9 Å². The van der Waals surface area contributed by atoms with Gasteiger partial charge in [-0.05, 0) is 60.7 Å². The van der Waals surface area contributed by atoms with Crippen molar-refractivity contribution in [2.24, 2.45) is 10.2 Å². The number of H-pyrrole nitrogens is 1. The summed E-state index contributed by atoms with van der Waals surface area (Å²) in [6, 6.07) is 12.5. The van der Waals surface area contributed by atoms with E-state index in [0.717, 1.165) is 14.5 Å². The van der Waals surface area contributed by atoms with Crippen LogP contribution in [0.1, 0.15) is 35.5 Å². The summed E-state index contributed by atoms with van der Waals surface area (Å²) < 4.78 is 46.0. The number of aliphatic hydroxyl groups is 1. The van der Waals surface area contributed by atoms with Crippen LogP contribution in [0, 0.1) is 14.9 Å². The third-order valence-corrected chi connectivity index (χ3v) is 7.10. The topological polar surface area (TPSA) is 135 Å². The number of nitriles is 1. The molecule has 0 bridgehead atoms. The van der Waals surface area contributed by atoms with Crippen LogP contribution in [-0.4, -0.2) is 53.5 Å². The van der Waals surface area contributed by atoms with Crippen LogP contribution in [0.2, 0.25) is 0 Å². The standard InChI is InChI=1S/C25H24F3IN6O3/c1-23(2,13-31-22(37)14-6-8-15(9-7-14)24(34-35-24)25(26,27)28)32-11-16(36)12-38-19-5-3-4-17-20(19)21(29)18(10-30)33-17/h3-9,16,32-33,36H,11-13H2,1-2H3,(H,31,37). The Morgan fingerprint density at radius 2 is 1.92 bits per heavy atom. The Morgan fingerprint density at radius 3 is 2.53 bits per heavy atom. The maximum atomic E-state index is 13.1. The molecule has 0 saturated carbocycles. The number of aliphatic hydroxyl groups excluding tert-OH is 1. The predicted octanol–water partition coefficient (Wildman–Crippen LogP) is 4.36. The Labute approximate surface area is 229 Å². The van der Waals surface area contributed by atoms with Crippen LogP contribution in [0.4, 0.5) is 13.2 Å². The Morgan fingerprint density at radius 1 is 1.24 bits per heavy atom. The molecule has 1 aromatic heterocycles. The van der Waals surface area contributed by atoms with Crippen molar-refractivity contribution >= 4 is 39.4 Å². The summed E-state index contributed by atoms with van der Waals surface area (Å²) in [7, 11) is 0. The molecule has 4 N–H and O–H groups in total. The Bertz CT molecular complexity index is 1410. The molecule has 1 amide bonds. The van der Waals surface area contributed by atoms with Gasteiger partial charge in [-0.15, -0.1) is 10.2 Å². The number of carbonyl (C=O) groups is 1. The van der Waals surface area contributed by atoms with E-state index in [0.29, 0.717) is 11.4 Å². The molecule has 3 aromatic rings. The van der Waals surface area contributed by atoms with Gasteiger partial charge in [-0.1, -0.05) is 18.2 Å². The highest BCUT2D eigenvalue weighted by atomic mass is 127. The molecule has 1 aliphatic heterocycles. The van der Waals surface area contributed by atoms with E-state index in [4.69, 9.17) is 4.74 Å². The van der Waals surface area contributed by atoms with E-state index in [2.05, 4.69) is 54.5 Å². The fourth-order valence-electron chi connectivity index (χ4n) is 3.77. The zero-order chi connectivity index (χ0) is 27.7. The second-order valence-corrected chi connectivity index (χ2v) is 10.5. The summed E-state index contributed by atoms with van der Waals surface area (Å²) in [5, 5.41) is 32.7. The lowest BCUT2D eigenvalue weighted by Gasteiger charge is -2.28. The first kappa shape index (κ1) is 27.8. The van der Waals surface area contributed by atoms with Gasteiger partial charge in [0.2, 0.25) is 0 Å². The van der Waals surface area contributed by atoms with Crippen molar-refractivity contribution in [3.05, 3.63) is 62.9 Å². The van der Waals surface area contributed by atoms with E-state index in [1.165, 1.54) is 24.3 Å². The van der Waals surface area contributed by atoms with Crippen LogP contribution < -0.4 is 15.4 Å². The second kappa shape index (κ2) is 10.5. The number of fused-ring (bicyclic) bond motifs is 1. The number of halogens is 4. The van der Waals surface area contributed by atoms with Gasteiger partial charge in [-0.2, -0.15) is 18.4 Å². The minimum absolute atomic E-state index is 0.00202. The lowest BCUT2D eigenvalue weighted by atomic mass is 10.0. The highest BCUT2D eigenvalue weighted by Crippen LogP contribution is 2.52. The number of carbonyl (C=O) groups excluding carboxylic acids is 1. The van der Waals surface area contributed by atoms with Crippen LogP contribution in [0.3, 0.4) is 0 Å². The van der Waals surface area contributed by atoms with Gasteiger partial charge < -0.3 is 25.5 Å². The molecular weight excluding hydrogens is 616 g/mol. The molecule has 38 heavy (non-hydrogen) atoms. The van der Waals surface area contributed by atoms with Gasteiger partial charge in [-0.3, -0.25) is 4.79 Å². The molecule has 0 saturated heterocycles. The van der Waals surface area contributed by atoms with E-state index in [9.17, 15) is 28.3 Å². The van der Waals surface area contributed by atoms with E-state index in [1.54, 1.807) is 12.1 Å². The van der Waals surface area contributed by atoms with Crippen molar-refractivity contribution in [3.8, 4) is 11.8 Å². The number of rotatable bonds is 10. The number of hydrogen-bond donors (Lipinski definition) is 4. The van der Waals surface area contributed by atoms with Gasteiger partial charge in [-0.25, -0.2) is 0 Å². The minimum atomic E-state index is -4.63. The number of amides is 1. The molecule has 1 unspecified atom stereocenters. The molecule has 1 aliphatic rings. The first-order chi connectivity index (χ1) is 17.9. The van der Waals surface area contributed by atoms with E-state index >= 15 is 0 Å². The summed E-state index contributed by atoms with van der Waals surface area (Å²) in [6.45, 7) is 4.03. The van der Waals surface area contributed by atoms with Gasteiger partial charge in [0.05, 0.1) is 14.5 Å². The molecule has 0 spiro atoms. The number of ether oxygens (including phenoxy) is 1. The summed E-state index contributed by atoms with van der Waals surface area (Å²) in [4.78, 5) is 15.5. The van der Waals surface area contributed by atoms with Gasteiger partial charge in [0.15, 0.2) is 0 Å². The summed E-state index contributed by atoms with van der Waals surface area (Å²) in [5.74, 6) is 0.0957. The fraction of sp³-hybridized carbons (Fsp3) is 0.360. The Hall–Kier alpha value is -3.22. The summed E-state index contributed by atoms with van der Waals surface area (Å²) in [5.41, 5.74) is -1.88. The minimum Gasteiger partial charge on any atom is -0.490 e. The Kier molecular flexibility index (Phi) is 7.69. The van der Waals surface area contributed by atoms with Crippen molar-refractivity contribution in [1.82, 2.24) is 15.6 Å². The van der Waals surface area contributed by atoms with Crippen molar-refractivity contribution in [2.75, 3.05) is 19.7 Å².